The Balaban J connectivity index is 1.95. The molecule has 0 aromatic carbocycles. The lowest BCUT2D eigenvalue weighted by atomic mass is 9.68. The number of Topliss-reactive ketones (excluding diaryl/α,β-unsaturated/α-hetero) is 3. The van der Waals surface area contributed by atoms with E-state index in [0.29, 0.717) is 23.5 Å². The third-order valence-electron chi connectivity index (χ3n) is 4.50. The summed E-state index contributed by atoms with van der Waals surface area (Å²) in [6, 6.07) is 3.21. The van der Waals surface area contributed by atoms with Gasteiger partial charge in [-0.3, -0.25) is 14.4 Å². The van der Waals surface area contributed by atoms with Crippen molar-refractivity contribution in [2.75, 3.05) is 0 Å². The van der Waals surface area contributed by atoms with E-state index in [4.69, 9.17) is 0 Å². The van der Waals surface area contributed by atoms with Crippen LogP contribution in [0, 0.1) is 18.3 Å². The molecule has 2 heterocycles. The standard InChI is InChI=1S/C17H18N4O3/c1-10-11(4-5-13(20-10)21-9-18-8-19-21)15(23)14-12(22)6-7-17(2,3)16(14)24/h4-5,8-9,14H,6-7H2,1-3H3. The highest BCUT2D eigenvalue weighted by molar-refractivity contribution is 6.26. The van der Waals surface area contributed by atoms with Gasteiger partial charge < -0.3 is 0 Å². The van der Waals surface area contributed by atoms with Gasteiger partial charge in [0.2, 0.25) is 0 Å². The van der Waals surface area contributed by atoms with E-state index in [1.807, 2.05) is 0 Å². The summed E-state index contributed by atoms with van der Waals surface area (Å²) < 4.78 is 1.47. The molecule has 2 aromatic heterocycles. The summed E-state index contributed by atoms with van der Waals surface area (Å²) in [5.74, 6) is -1.77. The summed E-state index contributed by atoms with van der Waals surface area (Å²) in [5, 5.41) is 3.99. The molecule has 1 atom stereocenters. The van der Waals surface area contributed by atoms with Gasteiger partial charge in [-0.2, -0.15) is 5.10 Å². The minimum absolute atomic E-state index is 0.249. The molecule has 0 bridgehead atoms. The molecule has 1 aliphatic carbocycles. The van der Waals surface area contributed by atoms with Gasteiger partial charge in [0.1, 0.15) is 18.6 Å². The van der Waals surface area contributed by atoms with E-state index in [2.05, 4.69) is 15.1 Å². The predicted molar refractivity (Wildman–Crippen MR) is 84.7 cm³/mol. The molecule has 0 radical (unpaired) electrons. The molecule has 1 aliphatic rings. The van der Waals surface area contributed by atoms with Crippen molar-refractivity contribution >= 4 is 17.3 Å². The lowest BCUT2D eigenvalue weighted by Crippen LogP contribution is -2.45. The van der Waals surface area contributed by atoms with Crippen molar-refractivity contribution in [1.82, 2.24) is 19.7 Å². The van der Waals surface area contributed by atoms with Crippen LogP contribution in [0.25, 0.3) is 5.82 Å². The molecule has 0 amide bonds. The second-order valence-electron chi connectivity index (χ2n) is 6.65. The lowest BCUT2D eigenvalue weighted by molar-refractivity contribution is -0.140. The number of aryl methyl sites for hydroxylation is 1. The largest absolute Gasteiger partial charge is 0.298 e. The molecule has 1 fully saturated rings. The first kappa shape index (κ1) is 16.2. The number of hydrogen-bond acceptors (Lipinski definition) is 6. The quantitative estimate of drug-likeness (QED) is 0.629. The van der Waals surface area contributed by atoms with Gasteiger partial charge in [0.25, 0.3) is 0 Å². The smallest absolute Gasteiger partial charge is 0.182 e. The molecule has 1 unspecified atom stereocenters. The molecule has 0 aliphatic heterocycles. The fourth-order valence-electron chi connectivity index (χ4n) is 2.92. The molecule has 124 valence electrons. The molecule has 0 saturated heterocycles. The van der Waals surface area contributed by atoms with Crippen LogP contribution in [-0.4, -0.2) is 37.1 Å². The molecule has 0 N–H and O–H groups in total. The number of aromatic nitrogens is 4. The van der Waals surface area contributed by atoms with Crippen LogP contribution < -0.4 is 0 Å². The number of nitrogens with zero attached hydrogens (tertiary/aromatic N) is 4. The van der Waals surface area contributed by atoms with Crippen LogP contribution in [0.1, 0.15) is 42.7 Å². The second-order valence-corrected chi connectivity index (χ2v) is 6.65. The minimum Gasteiger partial charge on any atom is -0.298 e. The molecule has 7 nitrogen and oxygen atoms in total. The molecule has 0 spiro atoms. The van der Waals surface area contributed by atoms with Crippen molar-refractivity contribution in [1.29, 1.82) is 0 Å². The fraction of sp³-hybridized carbons (Fsp3) is 0.412. The number of rotatable bonds is 3. The number of carbonyl (C=O) groups is 3. The maximum absolute atomic E-state index is 12.8. The summed E-state index contributed by atoms with van der Waals surface area (Å²) in [7, 11) is 0. The van der Waals surface area contributed by atoms with Crippen molar-refractivity contribution in [3.05, 3.63) is 36.0 Å². The van der Waals surface area contributed by atoms with Gasteiger partial charge in [-0.15, -0.1) is 0 Å². The Morgan fingerprint density at radius 3 is 2.67 bits per heavy atom. The summed E-state index contributed by atoms with van der Waals surface area (Å²) in [5.41, 5.74) is 0.0937. The summed E-state index contributed by atoms with van der Waals surface area (Å²) in [6.07, 6.45) is 3.62. The average Bonchev–Trinajstić information content (AvgIpc) is 3.06. The summed E-state index contributed by atoms with van der Waals surface area (Å²) in [6.45, 7) is 5.23. The number of pyridine rings is 1. The first-order chi connectivity index (χ1) is 11.3. The Kier molecular flexibility index (Phi) is 3.87. The zero-order valence-corrected chi connectivity index (χ0v) is 13.8. The SMILES string of the molecule is Cc1nc(-n2cncn2)ccc1C(=O)C1C(=O)CCC(C)(C)C1=O. The van der Waals surface area contributed by atoms with Crippen LogP contribution >= 0.6 is 0 Å². The van der Waals surface area contributed by atoms with Gasteiger partial charge >= 0.3 is 0 Å². The van der Waals surface area contributed by atoms with E-state index < -0.39 is 17.1 Å². The van der Waals surface area contributed by atoms with Crippen molar-refractivity contribution < 1.29 is 14.4 Å². The maximum atomic E-state index is 12.8. The van der Waals surface area contributed by atoms with Crippen LogP contribution in [-0.2, 0) is 9.59 Å². The Morgan fingerprint density at radius 1 is 1.29 bits per heavy atom. The zero-order chi connectivity index (χ0) is 17.5. The topological polar surface area (TPSA) is 94.8 Å². The highest BCUT2D eigenvalue weighted by Gasteiger charge is 2.46. The average molecular weight is 326 g/mol. The molecule has 24 heavy (non-hydrogen) atoms. The van der Waals surface area contributed by atoms with Crippen molar-refractivity contribution in [3.63, 3.8) is 0 Å². The normalized spacial score (nSPS) is 20.2. The van der Waals surface area contributed by atoms with E-state index >= 15 is 0 Å². The van der Waals surface area contributed by atoms with Gasteiger partial charge in [0.05, 0.1) is 5.69 Å². The van der Waals surface area contributed by atoms with Gasteiger partial charge in [0, 0.05) is 17.4 Å². The van der Waals surface area contributed by atoms with Gasteiger partial charge in [-0.1, -0.05) is 13.8 Å². The third-order valence-corrected chi connectivity index (χ3v) is 4.50. The van der Waals surface area contributed by atoms with Crippen LogP contribution in [0.2, 0.25) is 0 Å². The molecular formula is C17H18N4O3. The molecule has 3 rings (SSSR count). The van der Waals surface area contributed by atoms with Crippen LogP contribution in [0.5, 0.6) is 0 Å². The maximum Gasteiger partial charge on any atom is 0.182 e. The molecular weight excluding hydrogens is 308 g/mol. The minimum atomic E-state index is -1.22. The highest BCUT2D eigenvalue weighted by Crippen LogP contribution is 2.35. The van der Waals surface area contributed by atoms with E-state index in [1.54, 1.807) is 32.9 Å². The summed E-state index contributed by atoms with van der Waals surface area (Å²) in [4.78, 5) is 45.7. The Morgan fingerprint density at radius 2 is 2.04 bits per heavy atom. The van der Waals surface area contributed by atoms with Crippen molar-refractivity contribution in [2.45, 2.75) is 33.6 Å². The Labute approximate surface area is 139 Å². The van der Waals surface area contributed by atoms with Crippen molar-refractivity contribution in [2.24, 2.45) is 11.3 Å². The Bertz CT molecular complexity index is 824. The van der Waals surface area contributed by atoms with Gasteiger partial charge in [-0.05, 0) is 25.5 Å². The van der Waals surface area contributed by atoms with E-state index in [1.165, 1.54) is 17.3 Å². The molecule has 1 saturated carbocycles. The monoisotopic (exact) mass is 326 g/mol. The van der Waals surface area contributed by atoms with E-state index in [-0.39, 0.29) is 18.0 Å². The first-order valence-corrected chi connectivity index (χ1v) is 7.75. The van der Waals surface area contributed by atoms with E-state index in [0.717, 1.165) is 0 Å². The lowest BCUT2D eigenvalue weighted by Gasteiger charge is -2.31. The van der Waals surface area contributed by atoms with E-state index in [9.17, 15) is 14.4 Å². The molecule has 7 heteroatoms. The van der Waals surface area contributed by atoms with Crippen LogP contribution in [0.4, 0.5) is 0 Å². The first-order valence-electron chi connectivity index (χ1n) is 7.75. The van der Waals surface area contributed by atoms with Crippen LogP contribution in [0.3, 0.4) is 0 Å². The van der Waals surface area contributed by atoms with Crippen molar-refractivity contribution in [3.8, 4) is 5.82 Å². The van der Waals surface area contributed by atoms with Gasteiger partial charge in [0.15, 0.2) is 23.2 Å². The number of ketones is 3. The van der Waals surface area contributed by atoms with Gasteiger partial charge in [-0.25, -0.2) is 14.6 Å². The second kappa shape index (κ2) is 5.74. The predicted octanol–water partition coefficient (Wildman–Crippen LogP) is 1.73. The third kappa shape index (κ3) is 2.66. The molecule has 2 aromatic rings. The highest BCUT2D eigenvalue weighted by atomic mass is 16.2. The fourth-order valence-corrected chi connectivity index (χ4v) is 2.92. The number of hydrogen-bond donors (Lipinski definition) is 0. The Hall–Kier alpha value is -2.70. The zero-order valence-electron chi connectivity index (χ0n) is 13.8. The van der Waals surface area contributed by atoms with Crippen LogP contribution in [0.15, 0.2) is 24.8 Å². The number of carbonyl (C=O) groups excluding carboxylic acids is 3. The summed E-state index contributed by atoms with van der Waals surface area (Å²) >= 11 is 0.